The number of nitrogens with zero attached hydrogens (tertiary/aromatic N) is 3. The zero-order chi connectivity index (χ0) is 18.4. The Morgan fingerprint density at radius 1 is 1.23 bits per heavy atom. The monoisotopic (exact) mass is 371 g/mol. The van der Waals surface area contributed by atoms with Crippen LogP contribution in [-0.4, -0.2) is 29.2 Å². The Morgan fingerprint density at radius 2 is 2.12 bits per heavy atom. The van der Waals surface area contributed by atoms with Crippen molar-refractivity contribution in [3.63, 3.8) is 0 Å². The first-order valence-corrected chi connectivity index (χ1v) is 8.09. The van der Waals surface area contributed by atoms with Crippen LogP contribution in [0, 0.1) is 11.3 Å². The van der Waals surface area contributed by atoms with Gasteiger partial charge in [0.1, 0.15) is 18.4 Å². The second-order valence-corrected chi connectivity index (χ2v) is 5.60. The molecule has 2 aromatic rings. The first-order chi connectivity index (χ1) is 12.7. The van der Waals surface area contributed by atoms with Gasteiger partial charge >= 0.3 is 6.03 Å². The Hall–Kier alpha value is -3.31. The molecule has 8 nitrogen and oxygen atoms in total. The molecule has 0 saturated carbocycles. The van der Waals surface area contributed by atoms with Crippen molar-refractivity contribution in [2.45, 2.75) is 6.42 Å². The van der Waals surface area contributed by atoms with Crippen molar-refractivity contribution in [2.24, 2.45) is 0 Å². The lowest BCUT2D eigenvalue weighted by Crippen LogP contribution is -2.21. The molecule has 132 valence electrons. The third-order valence-electron chi connectivity index (χ3n) is 3.30. The van der Waals surface area contributed by atoms with Crippen molar-refractivity contribution in [2.75, 3.05) is 23.8 Å². The number of nitriles is 1. The van der Waals surface area contributed by atoms with Crippen LogP contribution in [0.1, 0.15) is 12.1 Å². The molecule has 3 rings (SSSR count). The van der Waals surface area contributed by atoms with Gasteiger partial charge in [0, 0.05) is 5.02 Å². The van der Waals surface area contributed by atoms with Gasteiger partial charge in [-0.1, -0.05) is 23.8 Å². The van der Waals surface area contributed by atoms with E-state index >= 15 is 0 Å². The molecule has 0 saturated heterocycles. The first kappa shape index (κ1) is 17.5. The van der Waals surface area contributed by atoms with Crippen LogP contribution in [0.25, 0.3) is 0 Å². The Balaban J connectivity index is 1.90. The molecule has 0 radical (unpaired) electrons. The van der Waals surface area contributed by atoms with Crippen LogP contribution >= 0.6 is 11.6 Å². The lowest BCUT2D eigenvalue weighted by atomic mass is 10.3. The average Bonchev–Trinajstić information content (AvgIpc) is 2.62. The largest absolute Gasteiger partial charge is 0.487 e. The zero-order valence-corrected chi connectivity index (χ0v) is 14.3. The Morgan fingerprint density at radius 3 is 2.96 bits per heavy atom. The van der Waals surface area contributed by atoms with Crippen LogP contribution < -0.4 is 20.1 Å². The highest BCUT2D eigenvalue weighted by Gasteiger charge is 2.13. The number of halogens is 1. The second kappa shape index (κ2) is 8.18. The molecule has 0 unspecified atom stereocenters. The Kier molecular flexibility index (Phi) is 5.51. The molecule has 0 aliphatic carbocycles. The molecular formula is C17H14ClN5O3. The molecule has 1 aliphatic rings. The number of nitrogens with one attached hydrogen (secondary N) is 2. The molecule has 2 heterocycles. The lowest BCUT2D eigenvalue weighted by Gasteiger charge is -2.12. The molecule has 2 amide bonds. The van der Waals surface area contributed by atoms with Crippen LogP contribution in [0.2, 0.25) is 5.02 Å². The van der Waals surface area contributed by atoms with Crippen molar-refractivity contribution in [3.05, 3.63) is 47.3 Å². The normalized spacial score (nSPS) is 14.2. The fourth-order valence-electron chi connectivity index (χ4n) is 2.15. The maximum atomic E-state index is 12.2. The SMILES string of the molecule is N#Cc1ncc2nc1OCCC=CCOc1ccc(Cl)cc1NC(=O)N2. The van der Waals surface area contributed by atoms with Gasteiger partial charge in [0.05, 0.1) is 18.5 Å². The summed E-state index contributed by atoms with van der Waals surface area (Å²) in [5, 5.41) is 14.7. The van der Waals surface area contributed by atoms with E-state index in [0.717, 1.165) is 0 Å². The summed E-state index contributed by atoms with van der Waals surface area (Å²) in [6.07, 6.45) is 5.58. The van der Waals surface area contributed by atoms with Gasteiger partial charge in [-0.15, -0.1) is 0 Å². The summed E-state index contributed by atoms with van der Waals surface area (Å²) >= 11 is 6.00. The number of hydrogen-bond acceptors (Lipinski definition) is 6. The topological polar surface area (TPSA) is 109 Å². The maximum absolute atomic E-state index is 12.2. The minimum absolute atomic E-state index is 0.0460. The van der Waals surface area contributed by atoms with Crippen LogP contribution in [0.15, 0.2) is 36.5 Å². The van der Waals surface area contributed by atoms with Gasteiger partial charge in [0.25, 0.3) is 5.88 Å². The summed E-state index contributed by atoms with van der Waals surface area (Å²) in [6, 6.07) is 6.26. The molecule has 2 bridgehead atoms. The highest BCUT2D eigenvalue weighted by atomic mass is 35.5. The molecule has 26 heavy (non-hydrogen) atoms. The van der Waals surface area contributed by atoms with Gasteiger partial charge in [-0.25, -0.2) is 9.78 Å². The predicted molar refractivity (Wildman–Crippen MR) is 95.6 cm³/mol. The van der Waals surface area contributed by atoms with E-state index in [0.29, 0.717) is 36.1 Å². The van der Waals surface area contributed by atoms with Crippen LogP contribution in [0.5, 0.6) is 11.6 Å². The summed E-state index contributed by atoms with van der Waals surface area (Å²) < 4.78 is 11.1. The van der Waals surface area contributed by atoms with Crippen LogP contribution in [0.3, 0.4) is 0 Å². The minimum Gasteiger partial charge on any atom is -0.487 e. The molecular weight excluding hydrogens is 358 g/mol. The number of anilines is 2. The van der Waals surface area contributed by atoms with E-state index in [1.54, 1.807) is 18.2 Å². The standard InChI is InChI=1S/C17H14ClN5O3/c18-11-4-5-14-12(8-11)21-17(24)23-15-10-20-13(9-19)16(22-15)26-7-3-1-2-6-25-14/h1-2,4-5,8,10H,3,6-7H2,(H2,21,22,23,24). The quantitative estimate of drug-likeness (QED) is 0.687. The smallest absolute Gasteiger partial charge is 0.325 e. The van der Waals surface area contributed by atoms with Crippen molar-refractivity contribution < 1.29 is 14.3 Å². The summed E-state index contributed by atoms with van der Waals surface area (Å²) in [7, 11) is 0. The van der Waals surface area contributed by atoms with E-state index in [-0.39, 0.29) is 17.4 Å². The highest BCUT2D eigenvalue weighted by molar-refractivity contribution is 6.31. The summed E-state index contributed by atoms with van der Waals surface area (Å²) in [5.74, 6) is 0.687. The number of amides is 2. The molecule has 1 aromatic carbocycles. The number of aromatic nitrogens is 2. The van der Waals surface area contributed by atoms with Crippen LogP contribution in [0.4, 0.5) is 16.3 Å². The number of benzene rings is 1. The van der Waals surface area contributed by atoms with Gasteiger partial charge < -0.3 is 14.8 Å². The van der Waals surface area contributed by atoms with Crippen molar-refractivity contribution in [1.29, 1.82) is 5.26 Å². The highest BCUT2D eigenvalue weighted by Crippen LogP contribution is 2.28. The summed E-state index contributed by atoms with van der Waals surface area (Å²) in [4.78, 5) is 20.3. The van der Waals surface area contributed by atoms with Gasteiger partial charge in [-0.05, 0) is 24.6 Å². The predicted octanol–water partition coefficient (Wildman–Crippen LogP) is 3.36. The number of fused-ring (bicyclic) bond motifs is 3. The molecule has 0 spiro atoms. The average molecular weight is 372 g/mol. The molecule has 1 aromatic heterocycles. The molecule has 2 N–H and O–H groups in total. The van der Waals surface area contributed by atoms with Gasteiger partial charge in [-0.3, -0.25) is 5.32 Å². The Labute approximate surface area is 154 Å². The van der Waals surface area contributed by atoms with Crippen molar-refractivity contribution in [1.82, 2.24) is 9.97 Å². The number of hydrogen-bond donors (Lipinski definition) is 2. The van der Waals surface area contributed by atoms with E-state index in [2.05, 4.69) is 20.6 Å². The van der Waals surface area contributed by atoms with Gasteiger partial charge in [0.2, 0.25) is 5.69 Å². The van der Waals surface area contributed by atoms with Crippen molar-refractivity contribution >= 4 is 29.1 Å². The Bertz CT molecular complexity index is 894. The molecule has 1 aliphatic heterocycles. The van der Waals surface area contributed by atoms with E-state index in [4.69, 9.17) is 26.3 Å². The first-order valence-electron chi connectivity index (χ1n) is 7.71. The van der Waals surface area contributed by atoms with E-state index in [9.17, 15) is 4.79 Å². The lowest BCUT2D eigenvalue weighted by molar-refractivity contribution is 0.262. The van der Waals surface area contributed by atoms with Gasteiger partial charge in [-0.2, -0.15) is 10.2 Å². The van der Waals surface area contributed by atoms with Crippen molar-refractivity contribution in [3.8, 4) is 17.7 Å². The maximum Gasteiger partial charge on any atom is 0.325 e. The molecule has 9 heteroatoms. The second-order valence-electron chi connectivity index (χ2n) is 5.16. The number of carbonyl (C=O) groups is 1. The third-order valence-corrected chi connectivity index (χ3v) is 3.54. The van der Waals surface area contributed by atoms with Crippen LogP contribution in [-0.2, 0) is 0 Å². The third kappa shape index (κ3) is 4.40. The molecule has 0 fully saturated rings. The number of carbonyl (C=O) groups excluding carboxylic acids is 1. The van der Waals surface area contributed by atoms with Gasteiger partial charge in [0.15, 0.2) is 5.82 Å². The summed E-state index contributed by atoms with van der Waals surface area (Å²) in [5.41, 5.74) is 0.459. The number of rotatable bonds is 0. The molecule has 0 atom stereocenters. The number of urea groups is 1. The van der Waals surface area contributed by atoms with E-state index < -0.39 is 6.03 Å². The fraction of sp³-hybridized carbons (Fsp3) is 0.176. The minimum atomic E-state index is -0.563. The summed E-state index contributed by atoms with van der Waals surface area (Å²) in [6.45, 7) is 0.622. The number of ether oxygens (including phenoxy) is 2. The van der Waals surface area contributed by atoms with E-state index in [1.807, 2.05) is 18.2 Å². The fourth-order valence-corrected chi connectivity index (χ4v) is 2.32. The van der Waals surface area contributed by atoms with E-state index in [1.165, 1.54) is 6.20 Å². The zero-order valence-electron chi connectivity index (χ0n) is 13.5.